The number of rotatable bonds is 4. The number of ether oxygens (including phenoxy) is 1. The average Bonchev–Trinajstić information content (AvgIpc) is 2.84. The molecule has 0 aliphatic carbocycles. The molecule has 0 unspecified atom stereocenters. The second-order valence-corrected chi connectivity index (χ2v) is 7.69. The van der Waals surface area contributed by atoms with Crippen LogP contribution >= 0.6 is 0 Å². The average molecular weight is 499 g/mol. The Kier molecular flexibility index (Phi) is 5.50. The zero-order valence-corrected chi connectivity index (χ0v) is 18.0. The fraction of sp³-hybridized carbons (Fsp3) is 0.0833. The van der Waals surface area contributed by atoms with E-state index in [4.69, 9.17) is 5.73 Å². The first-order valence-corrected chi connectivity index (χ1v) is 10.3. The molecule has 0 atom stereocenters. The van der Waals surface area contributed by atoms with E-state index in [0.717, 1.165) is 10.6 Å². The van der Waals surface area contributed by atoms with Crippen LogP contribution in [0.2, 0.25) is 0 Å². The topological polar surface area (TPSA) is 95.9 Å². The zero-order chi connectivity index (χ0) is 25.6. The quantitative estimate of drug-likeness (QED) is 0.342. The van der Waals surface area contributed by atoms with Gasteiger partial charge in [0.25, 0.3) is 5.56 Å². The van der Waals surface area contributed by atoms with Crippen LogP contribution in [0.25, 0.3) is 38.8 Å². The number of anilines is 1. The Morgan fingerprint density at radius 3 is 2.42 bits per heavy atom. The smallest absolute Gasteiger partial charge is 0.417 e. The SMILES string of the molecule is Nc1c(-c2ccc3ncncc3c2)c(=O)n(-c2ccc(OC(F)F)cc2)c2cc(C(F)(F)F)cnc12. The van der Waals surface area contributed by atoms with Gasteiger partial charge >= 0.3 is 12.8 Å². The third-order valence-corrected chi connectivity index (χ3v) is 5.49. The van der Waals surface area contributed by atoms with E-state index in [1.54, 1.807) is 18.2 Å². The molecule has 7 nitrogen and oxygen atoms in total. The maximum absolute atomic E-state index is 13.8. The summed E-state index contributed by atoms with van der Waals surface area (Å²) in [5, 5.41) is 0.606. The van der Waals surface area contributed by atoms with Gasteiger partial charge in [0.1, 0.15) is 17.6 Å². The minimum atomic E-state index is -4.73. The molecular formula is C24H14F5N5O2. The molecule has 0 fully saturated rings. The number of halogens is 5. The Hall–Kier alpha value is -4.61. The number of nitrogen functional groups attached to an aromatic ring is 1. The van der Waals surface area contributed by atoms with E-state index < -0.39 is 23.9 Å². The number of hydrogen-bond acceptors (Lipinski definition) is 6. The summed E-state index contributed by atoms with van der Waals surface area (Å²) in [7, 11) is 0. The van der Waals surface area contributed by atoms with Gasteiger partial charge in [0.15, 0.2) is 0 Å². The summed E-state index contributed by atoms with van der Waals surface area (Å²) in [6, 6.07) is 10.5. The van der Waals surface area contributed by atoms with Crippen LogP contribution in [0, 0.1) is 0 Å². The summed E-state index contributed by atoms with van der Waals surface area (Å²) < 4.78 is 70.8. The Bertz CT molecular complexity index is 1670. The highest BCUT2D eigenvalue weighted by molar-refractivity contribution is 5.98. The van der Waals surface area contributed by atoms with Crippen molar-refractivity contribution in [3.8, 4) is 22.6 Å². The predicted molar refractivity (Wildman–Crippen MR) is 122 cm³/mol. The second-order valence-electron chi connectivity index (χ2n) is 7.69. The second kappa shape index (κ2) is 8.56. The fourth-order valence-electron chi connectivity index (χ4n) is 3.89. The van der Waals surface area contributed by atoms with Gasteiger partial charge < -0.3 is 10.5 Å². The van der Waals surface area contributed by atoms with E-state index in [-0.39, 0.29) is 33.7 Å². The number of nitrogens with two attached hydrogens (primary N) is 1. The lowest BCUT2D eigenvalue weighted by atomic mass is 10.0. The van der Waals surface area contributed by atoms with Crippen molar-refractivity contribution in [1.29, 1.82) is 0 Å². The molecule has 2 N–H and O–H groups in total. The van der Waals surface area contributed by atoms with Crippen molar-refractivity contribution in [2.24, 2.45) is 0 Å². The van der Waals surface area contributed by atoms with Crippen LogP contribution in [0.5, 0.6) is 5.75 Å². The number of pyridine rings is 2. The Morgan fingerprint density at radius 1 is 0.972 bits per heavy atom. The summed E-state index contributed by atoms with van der Waals surface area (Å²) in [6.45, 7) is -3.07. The lowest BCUT2D eigenvalue weighted by Crippen LogP contribution is -2.23. The van der Waals surface area contributed by atoms with Crippen LogP contribution in [0.1, 0.15) is 5.56 Å². The van der Waals surface area contributed by atoms with E-state index in [1.807, 2.05) is 0 Å². The summed E-state index contributed by atoms with van der Waals surface area (Å²) in [5.74, 6) is -0.189. The molecule has 36 heavy (non-hydrogen) atoms. The highest BCUT2D eigenvalue weighted by Gasteiger charge is 2.32. The molecule has 0 aliphatic rings. The molecule has 3 aromatic heterocycles. The Labute approximate surface area is 198 Å². The Balaban J connectivity index is 1.82. The molecule has 5 rings (SSSR count). The van der Waals surface area contributed by atoms with E-state index in [1.165, 1.54) is 36.8 Å². The van der Waals surface area contributed by atoms with Crippen molar-refractivity contribution < 1.29 is 26.7 Å². The summed E-state index contributed by atoms with van der Waals surface area (Å²) >= 11 is 0. The molecule has 3 heterocycles. The standard InChI is InChI=1S/C24H14F5N5O2/c25-23(26)36-16-4-2-15(3-5-16)34-18-8-14(24(27,28)29)10-32-21(18)20(30)19(22(34)35)12-1-6-17-13(7-12)9-31-11-33-17/h1-11,23H,30H2. The molecule has 5 aromatic rings. The summed E-state index contributed by atoms with van der Waals surface area (Å²) in [6.07, 6.45) is -1.20. The number of aromatic nitrogens is 4. The maximum atomic E-state index is 13.8. The number of hydrogen-bond donors (Lipinski definition) is 1. The van der Waals surface area contributed by atoms with Gasteiger partial charge in [-0.25, -0.2) is 9.97 Å². The normalized spacial score (nSPS) is 11.9. The molecule has 0 aliphatic heterocycles. The van der Waals surface area contributed by atoms with Crippen LogP contribution in [0.3, 0.4) is 0 Å². The van der Waals surface area contributed by atoms with Gasteiger partial charge in [-0.1, -0.05) is 6.07 Å². The van der Waals surface area contributed by atoms with Gasteiger partial charge in [-0.2, -0.15) is 22.0 Å². The molecule has 0 bridgehead atoms. The van der Waals surface area contributed by atoms with E-state index >= 15 is 0 Å². The van der Waals surface area contributed by atoms with E-state index in [0.29, 0.717) is 22.7 Å². The van der Waals surface area contributed by atoms with Crippen LogP contribution < -0.4 is 16.0 Å². The molecule has 0 amide bonds. The zero-order valence-electron chi connectivity index (χ0n) is 18.0. The van der Waals surface area contributed by atoms with Gasteiger partial charge in [0.05, 0.1) is 27.8 Å². The van der Waals surface area contributed by atoms with Crippen molar-refractivity contribution >= 4 is 27.6 Å². The molecule has 0 radical (unpaired) electrons. The first kappa shape index (κ1) is 23.1. The molecule has 12 heteroatoms. The van der Waals surface area contributed by atoms with Crippen LogP contribution in [-0.4, -0.2) is 26.1 Å². The van der Waals surface area contributed by atoms with Gasteiger partial charge in [-0.3, -0.25) is 14.3 Å². The number of fused-ring (bicyclic) bond motifs is 2. The van der Waals surface area contributed by atoms with E-state index in [2.05, 4.69) is 19.7 Å². The lowest BCUT2D eigenvalue weighted by molar-refractivity contribution is -0.137. The van der Waals surface area contributed by atoms with Crippen LogP contribution in [-0.2, 0) is 6.18 Å². The van der Waals surface area contributed by atoms with Crippen molar-refractivity contribution in [2.75, 3.05) is 5.73 Å². The predicted octanol–water partition coefficient (Wildman–Crippen LogP) is 5.20. The highest BCUT2D eigenvalue weighted by atomic mass is 19.4. The van der Waals surface area contributed by atoms with Gasteiger partial charge in [0, 0.05) is 23.5 Å². The van der Waals surface area contributed by atoms with Crippen molar-refractivity contribution in [2.45, 2.75) is 12.8 Å². The number of nitrogens with zero attached hydrogens (tertiary/aromatic N) is 4. The molecule has 2 aromatic carbocycles. The van der Waals surface area contributed by atoms with E-state index in [9.17, 15) is 26.7 Å². The molecule has 0 spiro atoms. The van der Waals surface area contributed by atoms with Crippen LogP contribution in [0.15, 0.2) is 72.0 Å². The fourth-order valence-corrected chi connectivity index (χ4v) is 3.89. The molecule has 0 saturated carbocycles. The first-order chi connectivity index (χ1) is 17.1. The summed E-state index contributed by atoms with van der Waals surface area (Å²) in [5.41, 5.74) is 5.16. The first-order valence-electron chi connectivity index (χ1n) is 10.3. The molecular weight excluding hydrogens is 485 g/mol. The summed E-state index contributed by atoms with van der Waals surface area (Å²) in [4.78, 5) is 25.8. The number of alkyl halides is 5. The molecule has 182 valence electrons. The van der Waals surface area contributed by atoms with Crippen molar-refractivity contribution in [3.05, 3.63) is 83.2 Å². The Morgan fingerprint density at radius 2 is 1.72 bits per heavy atom. The monoisotopic (exact) mass is 499 g/mol. The number of benzene rings is 2. The molecule has 0 saturated heterocycles. The minimum Gasteiger partial charge on any atom is -0.435 e. The van der Waals surface area contributed by atoms with Crippen LogP contribution in [0.4, 0.5) is 27.6 Å². The largest absolute Gasteiger partial charge is 0.435 e. The maximum Gasteiger partial charge on any atom is 0.417 e. The van der Waals surface area contributed by atoms with Crippen molar-refractivity contribution in [3.63, 3.8) is 0 Å². The minimum absolute atomic E-state index is 0.00609. The van der Waals surface area contributed by atoms with Crippen molar-refractivity contribution in [1.82, 2.24) is 19.5 Å². The lowest BCUT2D eigenvalue weighted by Gasteiger charge is -2.17. The van der Waals surface area contributed by atoms with Gasteiger partial charge in [0.2, 0.25) is 0 Å². The van der Waals surface area contributed by atoms with Gasteiger partial charge in [-0.05, 0) is 48.0 Å². The third-order valence-electron chi connectivity index (χ3n) is 5.49. The van der Waals surface area contributed by atoms with Gasteiger partial charge in [-0.15, -0.1) is 0 Å². The highest BCUT2D eigenvalue weighted by Crippen LogP contribution is 2.35. The third kappa shape index (κ3) is 4.06.